The molecule has 0 heterocycles. The highest BCUT2D eigenvalue weighted by atomic mass is 79.9. The van der Waals surface area contributed by atoms with E-state index < -0.39 is 4.12 Å². The third-order valence-corrected chi connectivity index (χ3v) is 2.99. The molecule has 2 nitrogen and oxygen atoms in total. The maximum Gasteiger partial charge on any atom is 0.220 e. The van der Waals surface area contributed by atoms with Gasteiger partial charge in [-0.1, -0.05) is 49.0 Å². The summed E-state index contributed by atoms with van der Waals surface area (Å²) in [5, 5.41) is 3.00. The van der Waals surface area contributed by atoms with Crippen LogP contribution in [0, 0.1) is 5.92 Å². The van der Waals surface area contributed by atoms with Crippen LogP contribution in [0.25, 0.3) is 0 Å². The van der Waals surface area contributed by atoms with Gasteiger partial charge in [-0.25, -0.2) is 0 Å². The molecule has 0 aromatic heterocycles. The molecule has 0 aromatic rings. The van der Waals surface area contributed by atoms with Crippen molar-refractivity contribution in [2.45, 2.75) is 43.7 Å². The maximum absolute atomic E-state index is 11.6. The molecule has 5 heteroatoms. The van der Waals surface area contributed by atoms with Crippen LogP contribution < -0.4 is 5.32 Å². The summed E-state index contributed by atoms with van der Waals surface area (Å²) in [4.78, 5) is 11.6. The van der Waals surface area contributed by atoms with E-state index in [0.717, 1.165) is 13.0 Å². The van der Waals surface area contributed by atoms with Crippen molar-refractivity contribution in [3.63, 3.8) is 0 Å². The van der Waals surface area contributed by atoms with Crippen molar-refractivity contribution in [2.24, 2.45) is 5.92 Å². The fourth-order valence-electron chi connectivity index (χ4n) is 1.39. The Hall–Kier alpha value is 0.0799. The van der Waals surface area contributed by atoms with Crippen molar-refractivity contribution in [1.29, 1.82) is 0 Å². The van der Waals surface area contributed by atoms with E-state index >= 15 is 0 Å². The van der Waals surface area contributed by atoms with Gasteiger partial charge in [0.15, 0.2) is 0 Å². The minimum Gasteiger partial charge on any atom is -0.356 e. The first-order valence-electron chi connectivity index (χ1n) is 5.89. The van der Waals surface area contributed by atoms with Crippen LogP contribution in [-0.4, -0.2) is 32.3 Å². The number of carbonyl (C=O) groups excluding carboxylic acids is 1. The highest BCUT2D eigenvalue weighted by Crippen LogP contribution is 2.12. The summed E-state index contributed by atoms with van der Waals surface area (Å²) in [6.07, 6.45) is 4.85. The zero-order valence-electron chi connectivity index (χ0n) is 10.4. The summed E-state index contributed by atoms with van der Waals surface area (Å²) < 4.78 is -0.448. The third-order valence-electron chi connectivity index (χ3n) is 2.63. The number of hydrogen-bond acceptors (Lipinski definition) is 1. The first kappa shape index (κ1) is 15.1. The average Bonchev–Trinajstić information content (AvgIpc) is 2.16. The summed E-state index contributed by atoms with van der Waals surface area (Å²) >= 11 is 3.36. The number of rotatable bonds is 7. The summed E-state index contributed by atoms with van der Waals surface area (Å²) in [5.41, 5.74) is 0. The smallest absolute Gasteiger partial charge is 0.220 e. The molecule has 0 bridgehead atoms. The van der Waals surface area contributed by atoms with Crippen LogP contribution in [0.3, 0.4) is 0 Å². The molecule has 1 amide bonds. The first-order chi connectivity index (χ1) is 6.91. The largest absolute Gasteiger partial charge is 0.356 e. The van der Waals surface area contributed by atoms with Crippen molar-refractivity contribution in [3.05, 3.63) is 0 Å². The Morgan fingerprint density at radius 1 is 1.47 bits per heavy atom. The Morgan fingerprint density at radius 2 is 2.07 bits per heavy atom. The molecule has 1 unspecified atom stereocenters. The molecule has 0 aliphatic carbocycles. The van der Waals surface area contributed by atoms with Crippen molar-refractivity contribution in [1.82, 2.24) is 5.32 Å². The van der Waals surface area contributed by atoms with Gasteiger partial charge in [-0.2, -0.15) is 0 Å². The van der Waals surface area contributed by atoms with Crippen LogP contribution in [0.5, 0.6) is 0 Å². The van der Waals surface area contributed by atoms with Crippen LogP contribution in [0.4, 0.5) is 0 Å². The monoisotopic (exact) mass is 273 g/mol. The lowest BCUT2D eigenvalue weighted by molar-refractivity contribution is -0.120. The zero-order valence-corrected chi connectivity index (χ0v) is 12.0. The molecule has 0 saturated carbocycles. The number of halogens is 1. The molecule has 0 spiro atoms. The summed E-state index contributed by atoms with van der Waals surface area (Å²) in [5.74, 6) is 0.709. The highest BCUT2D eigenvalue weighted by Gasteiger charge is 2.23. The Morgan fingerprint density at radius 3 is 2.47 bits per heavy atom. The second-order valence-corrected chi connectivity index (χ2v) is 6.58. The Kier molecular flexibility index (Phi) is 7.41. The van der Waals surface area contributed by atoms with E-state index in [2.05, 4.69) is 35.1 Å². The second-order valence-electron chi connectivity index (χ2n) is 4.60. The molecular formula is C10H22B2BrNO. The highest BCUT2D eigenvalue weighted by molar-refractivity contribution is 9.11. The van der Waals surface area contributed by atoms with E-state index in [0.29, 0.717) is 5.92 Å². The van der Waals surface area contributed by atoms with Crippen molar-refractivity contribution in [2.75, 3.05) is 6.54 Å². The minimum absolute atomic E-state index is 0.0810. The Balaban J connectivity index is 3.85. The van der Waals surface area contributed by atoms with Gasteiger partial charge in [-0.3, -0.25) is 4.79 Å². The van der Waals surface area contributed by atoms with E-state index in [9.17, 15) is 4.79 Å². The number of hydrogen-bond donors (Lipinski definition) is 1. The lowest BCUT2D eigenvalue weighted by Crippen LogP contribution is -2.44. The molecule has 0 fully saturated rings. The van der Waals surface area contributed by atoms with Gasteiger partial charge in [-0.05, 0) is 12.3 Å². The summed E-state index contributed by atoms with van der Waals surface area (Å²) in [6, 6.07) is 0. The summed E-state index contributed by atoms with van der Waals surface area (Å²) in [6.45, 7) is 5.20. The molecule has 0 aromatic carbocycles. The van der Waals surface area contributed by atoms with Crippen LogP contribution in [0.1, 0.15) is 39.5 Å². The quantitative estimate of drug-likeness (QED) is 0.535. The number of unbranched alkanes of at least 4 members (excludes halogenated alkanes) is 1. The molecule has 0 saturated heterocycles. The van der Waals surface area contributed by atoms with Crippen molar-refractivity contribution >= 4 is 37.5 Å². The average molecular weight is 274 g/mol. The lowest BCUT2D eigenvalue weighted by atomic mass is 9.70. The fourth-order valence-corrected chi connectivity index (χ4v) is 1.53. The van der Waals surface area contributed by atoms with Gasteiger partial charge in [0.1, 0.15) is 15.7 Å². The van der Waals surface area contributed by atoms with Gasteiger partial charge in [0.05, 0.1) is 0 Å². The topological polar surface area (TPSA) is 29.1 Å². The molecule has 0 rings (SSSR count). The van der Waals surface area contributed by atoms with E-state index in [1.807, 2.05) is 15.7 Å². The molecule has 0 radical (unpaired) electrons. The molecule has 0 aliphatic rings. The molecule has 1 N–H and O–H groups in total. The van der Waals surface area contributed by atoms with E-state index in [-0.39, 0.29) is 5.91 Å². The van der Waals surface area contributed by atoms with Gasteiger partial charge in [0, 0.05) is 10.7 Å². The van der Waals surface area contributed by atoms with Gasteiger partial charge in [0.25, 0.3) is 0 Å². The number of nitrogens with one attached hydrogen (secondary N) is 1. The zero-order chi connectivity index (χ0) is 11.9. The molecule has 0 aliphatic heterocycles. The fraction of sp³-hybridized carbons (Fsp3) is 0.900. The number of alkyl halides is 1. The number of amides is 1. The van der Waals surface area contributed by atoms with Gasteiger partial charge in [-0.15, -0.1) is 0 Å². The Labute approximate surface area is 104 Å². The molecule has 15 heavy (non-hydrogen) atoms. The Bertz CT molecular complexity index is 194. The predicted octanol–water partition coefficient (Wildman–Crippen LogP) is 0.634. The SMILES string of the molecule is BC(B)(Br)C(=O)NCC(CC)CCCC. The van der Waals surface area contributed by atoms with Gasteiger partial charge < -0.3 is 5.32 Å². The standard InChI is InChI=1S/C10H22B2BrNO/c1-3-5-6-8(4-2)7-14-9(15)10(11,12)13/h8H,3-7,11-12H2,1-2H3,(H,14,15). The van der Waals surface area contributed by atoms with Crippen LogP contribution in [0.2, 0.25) is 0 Å². The summed E-state index contributed by atoms with van der Waals surface area (Å²) in [7, 11) is 3.74. The molecular weight excluding hydrogens is 252 g/mol. The van der Waals surface area contributed by atoms with E-state index in [1.54, 1.807) is 0 Å². The normalized spacial score (nSPS) is 13.5. The van der Waals surface area contributed by atoms with Crippen molar-refractivity contribution < 1.29 is 4.79 Å². The molecule has 86 valence electrons. The molecule has 1 atom stereocenters. The van der Waals surface area contributed by atoms with Gasteiger partial charge >= 0.3 is 0 Å². The third kappa shape index (κ3) is 7.04. The van der Waals surface area contributed by atoms with E-state index in [4.69, 9.17) is 0 Å². The lowest BCUT2D eigenvalue weighted by Gasteiger charge is -2.20. The first-order valence-corrected chi connectivity index (χ1v) is 6.68. The number of carbonyl (C=O) groups is 1. The van der Waals surface area contributed by atoms with Crippen molar-refractivity contribution in [3.8, 4) is 0 Å². The predicted molar refractivity (Wildman–Crippen MR) is 75.1 cm³/mol. The van der Waals surface area contributed by atoms with Crippen LogP contribution in [-0.2, 0) is 4.79 Å². The van der Waals surface area contributed by atoms with Crippen LogP contribution in [0.15, 0.2) is 0 Å². The minimum atomic E-state index is -0.448. The van der Waals surface area contributed by atoms with E-state index in [1.165, 1.54) is 19.3 Å². The van der Waals surface area contributed by atoms with Gasteiger partial charge in [0.2, 0.25) is 5.91 Å². The van der Waals surface area contributed by atoms with Crippen LogP contribution >= 0.6 is 15.9 Å². The maximum atomic E-state index is 11.6. The second kappa shape index (κ2) is 7.37.